The fourth-order valence-electron chi connectivity index (χ4n) is 1.85. The lowest BCUT2D eigenvalue weighted by Gasteiger charge is -2.12. The third-order valence-electron chi connectivity index (χ3n) is 2.83. The minimum absolute atomic E-state index is 0.294. The molecule has 0 radical (unpaired) electrons. The maximum absolute atomic E-state index is 13.2. The molecule has 0 unspecified atom stereocenters. The van der Waals surface area contributed by atoms with Gasteiger partial charge in [-0.1, -0.05) is 0 Å². The van der Waals surface area contributed by atoms with E-state index in [2.05, 4.69) is 31.5 Å². The number of hydrogen-bond donors (Lipinski definition) is 2. The predicted octanol–water partition coefficient (Wildman–Crippen LogP) is 3.98. The number of pyridine rings is 1. The molecule has 0 aliphatic rings. The van der Waals surface area contributed by atoms with Gasteiger partial charge in [0.25, 0.3) is 5.91 Å². The van der Waals surface area contributed by atoms with Gasteiger partial charge in [-0.05, 0) is 54.0 Å². The first kappa shape index (κ1) is 15.4. The van der Waals surface area contributed by atoms with E-state index in [0.29, 0.717) is 22.3 Å². The Morgan fingerprint density at radius 2 is 2.14 bits per heavy atom. The highest BCUT2D eigenvalue weighted by molar-refractivity contribution is 9.10. The molecule has 6 heteroatoms. The summed E-state index contributed by atoms with van der Waals surface area (Å²) in [5.41, 5.74) is 2.51. The molecule has 2 N–H and O–H groups in total. The molecular weight excluding hydrogens is 337 g/mol. The number of nitrogens with zero attached hydrogens (tertiary/aromatic N) is 1. The summed E-state index contributed by atoms with van der Waals surface area (Å²) in [6.45, 7) is 4.51. The van der Waals surface area contributed by atoms with E-state index in [1.807, 2.05) is 19.9 Å². The summed E-state index contributed by atoms with van der Waals surface area (Å²) in [6, 6.07) is 6.13. The maximum Gasteiger partial charge on any atom is 0.259 e. The molecule has 21 heavy (non-hydrogen) atoms. The van der Waals surface area contributed by atoms with Crippen molar-refractivity contribution in [2.45, 2.75) is 13.8 Å². The van der Waals surface area contributed by atoms with E-state index in [4.69, 9.17) is 0 Å². The van der Waals surface area contributed by atoms with Crippen LogP contribution in [0.5, 0.6) is 0 Å². The van der Waals surface area contributed by atoms with Crippen molar-refractivity contribution in [3.63, 3.8) is 0 Å². The van der Waals surface area contributed by atoms with E-state index >= 15 is 0 Å². The average molecular weight is 352 g/mol. The molecule has 0 bridgehead atoms. The molecule has 4 nitrogen and oxygen atoms in total. The Kier molecular flexibility index (Phi) is 4.90. The zero-order valence-electron chi connectivity index (χ0n) is 11.7. The van der Waals surface area contributed by atoms with Crippen molar-refractivity contribution in [1.29, 1.82) is 0 Å². The molecule has 0 atom stereocenters. The summed E-state index contributed by atoms with van der Waals surface area (Å²) in [4.78, 5) is 16.5. The zero-order chi connectivity index (χ0) is 15.4. The number of amides is 1. The summed E-state index contributed by atoms with van der Waals surface area (Å²) >= 11 is 3.09. The molecular formula is C15H15BrFN3O. The number of carbonyl (C=O) groups excluding carboxylic acids is 1. The topological polar surface area (TPSA) is 54.0 Å². The van der Waals surface area contributed by atoms with Gasteiger partial charge >= 0.3 is 0 Å². The number of anilines is 2. The highest BCUT2D eigenvalue weighted by Crippen LogP contribution is 2.22. The Balaban J connectivity index is 2.25. The van der Waals surface area contributed by atoms with Crippen LogP contribution in [0.25, 0.3) is 0 Å². The van der Waals surface area contributed by atoms with Crippen LogP contribution in [0.3, 0.4) is 0 Å². The molecule has 0 aliphatic heterocycles. The van der Waals surface area contributed by atoms with Crippen LogP contribution >= 0.6 is 15.9 Å². The van der Waals surface area contributed by atoms with E-state index in [9.17, 15) is 9.18 Å². The highest BCUT2D eigenvalue weighted by atomic mass is 79.9. The van der Waals surface area contributed by atoms with Crippen LogP contribution in [-0.4, -0.2) is 17.4 Å². The monoisotopic (exact) mass is 351 g/mol. The Morgan fingerprint density at radius 3 is 2.81 bits per heavy atom. The lowest BCUT2D eigenvalue weighted by Crippen LogP contribution is -2.15. The molecule has 2 rings (SSSR count). The van der Waals surface area contributed by atoms with Gasteiger partial charge in [-0.2, -0.15) is 0 Å². The predicted molar refractivity (Wildman–Crippen MR) is 85.2 cm³/mol. The molecule has 110 valence electrons. The van der Waals surface area contributed by atoms with E-state index in [1.165, 1.54) is 24.4 Å². The fourth-order valence-corrected chi connectivity index (χ4v) is 2.23. The van der Waals surface area contributed by atoms with Crippen molar-refractivity contribution >= 4 is 33.2 Å². The number of carbonyl (C=O) groups is 1. The van der Waals surface area contributed by atoms with Crippen molar-refractivity contribution in [2.75, 3.05) is 17.2 Å². The molecule has 2 aromatic rings. The van der Waals surface area contributed by atoms with Gasteiger partial charge in [0.2, 0.25) is 0 Å². The van der Waals surface area contributed by atoms with Crippen LogP contribution in [0.4, 0.5) is 15.8 Å². The van der Waals surface area contributed by atoms with E-state index in [1.54, 1.807) is 0 Å². The van der Waals surface area contributed by atoms with Gasteiger partial charge in [0.05, 0.1) is 15.7 Å². The van der Waals surface area contributed by atoms with Crippen LogP contribution < -0.4 is 10.6 Å². The van der Waals surface area contributed by atoms with Gasteiger partial charge in [0.1, 0.15) is 5.82 Å². The molecule has 1 amide bonds. The van der Waals surface area contributed by atoms with Gasteiger partial charge in [0, 0.05) is 24.1 Å². The number of aryl methyl sites for hydroxylation is 1. The average Bonchev–Trinajstić information content (AvgIpc) is 2.43. The Morgan fingerprint density at radius 1 is 1.38 bits per heavy atom. The number of rotatable bonds is 4. The molecule has 1 aromatic heterocycles. The SMILES string of the molecule is CCNc1cc(C)ncc1C(=O)Nc1ccc(F)c(Br)c1. The molecule has 0 saturated carbocycles. The second kappa shape index (κ2) is 6.67. The van der Waals surface area contributed by atoms with Gasteiger partial charge < -0.3 is 10.6 Å². The molecule has 0 aliphatic carbocycles. The third kappa shape index (κ3) is 3.78. The van der Waals surface area contributed by atoms with E-state index in [-0.39, 0.29) is 11.7 Å². The molecule has 0 fully saturated rings. The van der Waals surface area contributed by atoms with Crippen molar-refractivity contribution in [1.82, 2.24) is 4.98 Å². The number of aromatic nitrogens is 1. The number of halogens is 2. The van der Waals surface area contributed by atoms with Crippen molar-refractivity contribution < 1.29 is 9.18 Å². The Hall–Kier alpha value is -1.95. The quantitative estimate of drug-likeness (QED) is 0.875. The van der Waals surface area contributed by atoms with Gasteiger partial charge in [-0.25, -0.2) is 4.39 Å². The second-order valence-corrected chi connectivity index (χ2v) is 5.34. The number of nitrogens with one attached hydrogen (secondary N) is 2. The maximum atomic E-state index is 13.2. The summed E-state index contributed by atoms with van der Waals surface area (Å²) in [6.07, 6.45) is 1.53. The van der Waals surface area contributed by atoms with E-state index < -0.39 is 0 Å². The minimum atomic E-state index is -0.377. The first-order chi connectivity index (χ1) is 10.0. The molecule has 0 spiro atoms. The first-order valence-corrected chi connectivity index (χ1v) is 7.27. The van der Waals surface area contributed by atoms with Gasteiger partial charge in [-0.15, -0.1) is 0 Å². The lowest BCUT2D eigenvalue weighted by molar-refractivity contribution is 0.102. The first-order valence-electron chi connectivity index (χ1n) is 6.48. The van der Waals surface area contributed by atoms with Crippen molar-refractivity contribution in [3.8, 4) is 0 Å². The number of benzene rings is 1. The lowest BCUT2D eigenvalue weighted by atomic mass is 10.2. The van der Waals surface area contributed by atoms with Crippen LogP contribution in [0.2, 0.25) is 0 Å². The van der Waals surface area contributed by atoms with Crippen LogP contribution in [-0.2, 0) is 0 Å². The molecule has 0 saturated heterocycles. The molecule has 1 aromatic carbocycles. The fraction of sp³-hybridized carbons (Fsp3) is 0.200. The normalized spacial score (nSPS) is 10.3. The Labute approximate surface area is 130 Å². The zero-order valence-corrected chi connectivity index (χ0v) is 13.3. The van der Waals surface area contributed by atoms with Crippen molar-refractivity contribution in [2.24, 2.45) is 0 Å². The van der Waals surface area contributed by atoms with Crippen LogP contribution in [0.1, 0.15) is 23.0 Å². The summed E-state index contributed by atoms with van der Waals surface area (Å²) in [5, 5.41) is 5.86. The highest BCUT2D eigenvalue weighted by Gasteiger charge is 2.13. The van der Waals surface area contributed by atoms with Crippen LogP contribution in [0.15, 0.2) is 34.9 Å². The summed E-state index contributed by atoms with van der Waals surface area (Å²) in [5.74, 6) is -0.671. The van der Waals surface area contributed by atoms with Crippen LogP contribution in [0, 0.1) is 12.7 Å². The number of hydrogen-bond acceptors (Lipinski definition) is 3. The second-order valence-electron chi connectivity index (χ2n) is 4.48. The standard InChI is InChI=1S/C15H15BrFN3O/c1-3-18-14-6-9(2)19-8-11(14)15(21)20-10-4-5-13(17)12(16)7-10/h4-8H,3H2,1-2H3,(H,18,19)(H,20,21). The summed E-state index contributed by atoms with van der Waals surface area (Å²) < 4.78 is 13.5. The smallest absolute Gasteiger partial charge is 0.259 e. The Bertz CT molecular complexity index is 676. The third-order valence-corrected chi connectivity index (χ3v) is 3.44. The van der Waals surface area contributed by atoms with Crippen molar-refractivity contribution in [3.05, 3.63) is 52.0 Å². The van der Waals surface area contributed by atoms with E-state index in [0.717, 1.165) is 11.4 Å². The summed E-state index contributed by atoms with van der Waals surface area (Å²) in [7, 11) is 0. The largest absolute Gasteiger partial charge is 0.385 e. The van der Waals surface area contributed by atoms with Gasteiger partial charge in [0.15, 0.2) is 0 Å². The van der Waals surface area contributed by atoms with Gasteiger partial charge in [-0.3, -0.25) is 9.78 Å². The minimum Gasteiger partial charge on any atom is -0.385 e. The molecule has 1 heterocycles.